The van der Waals surface area contributed by atoms with E-state index in [0.29, 0.717) is 28.9 Å². The lowest BCUT2D eigenvalue weighted by Crippen LogP contribution is -2.28. The Bertz CT molecular complexity index is 869. The van der Waals surface area contributed by atoms with Crippen LogP contribution in [0.4, 0.5) is 10.5 Å². The van der Waals surface area contributed by atoms with E-state index in [2.05, 4.69) is 16.0 Å². The standard InChI is InChI=1S/C22H28N4O4/c1-23-21(28)19-14-18(25-20(27)16-8-5-4-6-9-16)11-10-17(19)15-30-22(29)24-12-7-13-26(2)3/h4-6,8-11,14H,7,12-13,15H2,1-3H3,(H,23,28)(H,24,29)(H,25,27). The van der Waals surface area contributed by atoms with Gasteiger partial charge in [-0.1, -0.05) is 24.3 Å². The molecule has 2 aromatic rings. The van der Waals surface area contributed by atoms with Crippen molar-refractivity contribution >= 4 is 23.6 Å². The first kappa shape index (κ1) is 22.9. The highest BCUT2D eigenvalue weighted by atomic mass is 16.5. The summed E-state index contributed by atoms with van der Waals surface area (Å²) < 4.78 is 5.23. The van der Waals surface area contributed by atoms with Crippen LogP contribution in [0.15, 0.2) is 48.5 Å². The third-order valence-electron chi connectivity index (χ3n) is 4.29. The van der Waals surface area contributed by atoms with Crippen LogP contribution in [-0.2, 0) is 11.3 Å². The molecular weight excluding hydrogens is 384 g/mol. The van der Waals surface area contributed by atoms with Crippen LogP contribution in [0.3, 0.4) is 0 Å². The molecule has 3 amide bonds. The highest BCUT2D eigenvalue weighted by Crippen LogP contribution is 2.18. The number of anilines is 1. The van der Waals surface area contributed by atoms with Gasteiger partial charge in [-0.25, -0.2) is 4.79 Å². The number of ether oxygens (including phenoxy) is 1. The predicted molar refractivity (Wildman–Crippen MR) is 116 cm³/mol. The lowest BCUT2D eigenvalue weighted by atomic mass is 10.1. The van der Waals surface area contributed by atoms with Crippen molar-refractivity contribution in [2.75, 3.05) is 39.5 Å². The summed E-state index contributed by atoms with van der Waals surface area (Å²) in [6.45, 7) is 1.30. The molecule has 0 fully saturated rings. The zero-order valence-electron chi connectivity index (χ0n) is 17.5. The first-order valence-electron chi connectivity index (χ1n) is 9.67. The van der Waals surface area contributed by atoms with Crippen molar-refractivity contribution in [2.45, 2.75) is 13.0 Å². The average molecular weight is 412 g/mol. The van der Waals surface area contributed by atoms with Gasteiger partial charge in [0, 0.05) is 36.0 Å². The molecule has 0 aliphatic carbocycles. The lowest BCUT2D eigenvalue weighted by Gasteiger charge is -2.13. The molecule has 0 atom stereocenters. The highest BCUT2D eigenvalue weighted by molar-refractivity contribution is 6.05. The van der Waals surface area contributed by atoms with Crippen molar-refractivity contribution in [3.8, 4) is 0 Å². The van der Waals surface area contributed by atoms with Gasteiger partial charge in [-0.3, -0.25) is 9.59 Å². The third kappa shape index (κ3) is 7.21. The number of hydrogen-bond acceptors (Lipinski definition) is 5. The summed E-state index contributed by atoms with van der Waals surface area (Å²) in [6, 6.07) is 13.7. The van der Waals surface area contributed by atoms with E-state index in [1.807, 2.05) is 25.1 Å². The Hall–Kier alpha value is -3.39. The van der Waals surface area contributed by atoms with Crippen molar-refractivity contribution < 1.29 is 19.1 Å². The molecule has 0 unspecified atom stereocenters. The molecule has 0 aromatic heterocycles. The smallest absolute Gasteiger partial charge is 0.407 e. The minimum Gasteiger partial charge on any atom is -0.445 e. The molecule has 0 bridgehead atoms. The molecule has 30 heavy (non-hydrogen) atoms. The van der Waals surface area contributed by atoms with Gasteiger partial charge < -0.3 is 25.6 Å². The zero-order chi connectivity index (χ0) is 21.9. The van der Waals surface area contributed by atoms with Crippen molar-refractivity contribution in [1.82, 2.24) is 15.5 Å². The summed E-state index contributed by atoms with van der Waals surface area (Å²) in [6.07, 6.45) is 0.263. The Morgan fingerprint density at radius 2 is 1.73 bits per heavy atom. The van der Waals surface area contributed by atoms with E-state index in [4.69, 9.17) is 4.74 Å². The fourth-order valence-corrected chi connectivity index (χ4v) is 2.70. The van der Waals surface area contributed by atoms with Gasteiger partial charge in [-0.15, -0.1) is 0 Å². The molecule has 2 rings (SSSR count). The fourth-order valence-electron chi connectivity index (χ4n) is 2.70. The lowest BCUT2D eigenvalue weighted by molar-refractivity contribution is 0.0955. The van der Waals surface area contributed by atoms with Crippen LogP contribution in [-0.4, -0.2) is 57.0 Å². The number of carbonyl (C=O) groups excluding carboxylic acids is 3. The Morgan fingerprint density at radius 1 is 1.00 bits per heavy atom. The van der Waals surface area contributed by atoms with Gasteiger partial charge in [0.15, 0.2) is 0 Å². The summed E-state index contributed by atoms with van der Waals surface area (Å²) in [5.41, 5.74) is 1.84. The van der Waals surface area contributed by atoms with Crippen molar-refractivity contribution in [3.05, 3.63) is 65.2 Å². The second kappa shape index (κ2) is 11.6. The van der Waals surface area contributed by atoms with Crippen molar-refractivity contribution in [2.24, 2.45) is 0 Å². The molecule has 0 aliphatic heterocycles. The predicted octanol–water partition coefficient (Wildman–Crippen LogP) is 2.48. The molecule has 0 heterocycles. The first-order chi connectivity index (χ1) is 14.4. The van der Waals surface area contributed by atoms with E-state index in [1.54, 1.807) is 42.5 Å². The van der Waals surface area contributed by atoms with Crippen LogP contribution in [0, 0.1) is 0 Å². The van der Waals surface area contributed by atoms with E-state index in [0.717, 1.165) is 13.0 Å². The maximum Gasteiger partial charge on any atom is 0.407 e. The number of rotatable bonds is 9. The number of benzene rings is 2. The maximum atomic E-state index is 12.3. The molecule has 0 radical (unpaired) electrons. The van der Waals surface area contributed by atoms with E-state index in [1.165, 1.54) is 7.05 Å². The van der Waals surface area contributed by atoms with Gasteiger partial charge in [0.25, 0.3) is 11.8 Å². The molecule has 2 aromatic carbocycles. The van der Waals surface area contributed by atoms with E-state index >= 15 is 0 Å². The highest BCUT2D eigenvalue weighted by Gasteiger charge is 2.14. The number of hydrogen-bond donors (Lipinski definition) is 3. The van der Waals surface area contributed by atoms with Crippen LogP contribution >= 0.6 is 0 Å². The van der Waals surface area contributed by atoms with Crippen LogP contribution in [0.1, 0.15) is 32.7 Å². The quantitative estimate of drug-likeness (QED) is 0.550. The molecular formula is C22H28N4O4. The minimum absolute atomic E-state index is 0.0603. The molecule has 0 aliphatic rings. The number of nitrogens with zero attached hydrogens (tertiary/aromatic N) is 1. The van der Waals surface area contributed by atoms with Crippen molar-refractivity contribution in [1.29, 1.82) is 0 Å². The largest absolute Gasteiger partial charge is 0.445 e. The topological polar surface area (TPSA) is 99.8 Å². The summed E-state index contributed by atoms with van der Waals surface area (Å²) in [5.74, 6) is -0.615. The summed E-state index contributed by atoms with van der Waals surface area (Å²) >= 11 is 0. The minimum atomic E-state index is -0.543. The summed E-state index contributed by atoms with van der Waals surface area (Å²) in [5, 5.41) is 8.01. The van der Waals surface area contributed by atoms with Gasteiger partial charge in [-0.2, -0.15) is 0 Å². The average Bonchev–Trinajstić information content (AvgIpc) is 2.75. The fraction of sp³-hybridized carbons (Fsp3) is 0.318. The number of amides is 3. The van der Waals surface area contributed by atoms with Gasteiger partial charge in [0.05, 0.1) is 0 Å². The van der Waals surface area contributed by atoms with E-state index in [9.17, 15) is 14.4 Å². The zero-order valence-corrected chi connectivity index (χ0v) is 17.5. The second-order valence-corrected chi connectivity index (χ2v) is 6.93. The molecule has 0 saturated heterocycles. The Morgan fingerprint density at radius 3 is 2.40 bits per heavy atom. The molecule has 3 N–H and O–H groups in total. The number of nitrogens with one attached hydrogen (secondary N) is 3. The van der Waals surface area contributed by atoms with Gasteiger partial charge in [0.1, 0.15) is 6.61 Å². The Balaban J connectivity index is 2.01. The summed E-state index contributed by atoms with van der Waals surface area (Å²) in [7, 11) is 5.44. The van der Waals surface area contributed by atoms with Crippen LogP contribution < -0.4 is 16.0 Å². The first-order valence-corrected chi connectivity index (χ1v) is 9.67. The number of carbonyl (C=O) groups is 3. The van der Waals surface area contributed by atoms with Gasteiger partial charge in [0.2, 0.25) is 0 Å². The Kier molecular flexibility index (Phi) is 8.83. The van der Waals surface area contributed by atoms with Crippen LogP contribution in [0.5, 0.6) is 0 Å². The molecule has 0 spiro atoms. The molecule has 8 heteroatoms. The van der Waals surface area contributed by atoms with Gasteiger partial charge >= 0.3 is 6.09 Å². The molecule has 160 valence electrons. The number of alkyl carbamates (subject to hydrolysis) is 1. The van der Waals surface area contributed by atoms with Crippen molar-refractivity contribution in [3.63, 3.8) is 0 Å². The Labute approximate surface area is 176 Å². The van der Waals surface area contributed by atoms with Crippen LogP contribution in [0.2, 0.25) is 0 Å². The summed E-state index contributed by atoms with van der Waals surface area (Å²) in [4.78, 5) is 38.5. The van der Waals surface area contributed by atoms with E-state index < -0.39 is 6.09 Å². The normalized spacial score (nSPS) is 10.4. The monoisotopic (exact) mass is 412 g/mol. The molecule has 8 nitrogen and oxygen atoms in total. The van der Waals surface area contributed by atoms with Gasteiger partial charge in [-0.05, 0) is 51.3 Å². The SMILES string of the molecule is CNC(=O)c1cc(NC(=O)c2ccccc2)ccc1COC(=O)NCCCN(C)C. The third-order valence-corrected chi connectivity index (χ3v) is 4.29. The molecule has 0 saturated carbocycles. The maximum absolute atomic E-state index is 12.3. The second-order valence-electron chi connectivity index (χ2n) is 6.93. The van der Waals surface area contributed by atoms with E-state index in [-0.39, 0.29) is 18.4 Å². The van der Waals surface area contributed by atoms with Crippen LogP contribution in [0.25, 0.3) is 0 Å².